The number of rotatable bonds is 9. The minimum absolute atomic E-state index is 0.00626. The largest absolute Gasteiger partial charge is 0.507 e. The molecule has 0 saturated carbocycles. The van der Waals surface area contributed by atoms with Crippen LogP contribution in [0.15, 0.2) is 82.7 Å². The third-order valence-corrected chi connectivity index (χ3v) is 9.19. The molecule has 10 heteroatoms. The van der Waals surface area contributed by atoms with E-state index in [1.165, 1.54) is 28.0 Å². The minimum Gasteiger partial charge on any atom is -0.507 e. The van der Waals surface area contributed by atoms with Gasteiger partial charge in [-0.2, -0.15) is 0 Å². The molecule has 1 amide bonds. The van der Waals surface area contributed by atoms with Crippen molar-refractivity contribution in [1.29, 1.82) is 0 Å². The van der Waals surface area contributed by atoms with Crippen LogP contribution in [0.1, 0.15) is 48.6 Å². The first-order valence-electron chi connectivity index (χ1n) is 13.8. The number of fused-ring (bicyclic) bond motifs is 1. The summed E-state index contributed by atoms with van der Waals surface area (Å²) in [6.45, 7) is 4.52. The lowest BCUT2D eigenvalue weighted by atomic mass is 9.94. The van der Waals surface area contributed by atoms with Crippen molar-refractivity contribution in [1.82, 2.24) is 10.2 Å². The quantitative estimate of drug-likeness (QED) is 0.0758. The van der Waals surface area contributed by atoms with Crippen molar-refractivity contribution in [3.63, 3.8) is 0 Å². The van der Waals surface area contributed by atoms with Gasteiger partial charge in [0.1, 0.15) is 23.4 Å². The first-order chi connectivity index (χ1) is 20.4. The molecule has 42 heavy (non-hydrogen) atoms. The molecule has 0 radical (unpaired) electrons. The molecule has 2 atom stereocenters. The maximum Gasteiger partial charge on any atom is 0.301 e. The number of nitrogens with zero attached hydrogens (tertiary/aromatic N) is 3. The highest BCUT2D eigenvalue weighted by molar-refractivity contribution is 8.00. The number of Topliss-reactive ketones (excluding diaryl/α,β-unsaturated/α-hetero) is 1. The second kappa shape index (κ2) is 12.0. The number of benzene rings is 3. The monoisotopic (exact) mass is 599 g/mol. The molecule has 2 aliphatic heterocycles. The van der Waals surface area contributed by atoms with Crippen LogP contribution in [0.5, 0.6) is 11.5 Å². The second-order valence-corrected chi connectivity index (χ2v) is 12.3. The summed E-state index contributed by atoms with van der Waals surface area (Å²) in [5.74, 6) is 0.263. The number of ketones is 1. The van der Waals surface area contributed by atoms with E-state index in [1.54, 1.807) is 18.2 Å². The number of hydrogen-bond acceptors (Lipinski definition) is 9. The number of aromatic nitrogens is 2. The summed E-state index contributed by atoms with van der Waals surface area (Å²) < 4.78 is 12.3. The third-order valence-electron chi connectivity index (χ3n) is 7.07. The highest BCUT2D eigenvalue weighted by Crippen LogP contribution is 2.45. The number of ether oxygens (including phenoxy) is 2. The summed E-state index contributed by atoms with van der Waals surface area (Å²) in [5, 5.41) is 20.5. The van der Waals surface area contributed by atoms with E-state index in [1.807, 2.05) is 68.4 Å². The van der Waals surface area contributed by atoms with Gasteiger partial charge in [0, 0.05) is 17.7 Å². The number of thioether (sulfide) groups is 1. The van der Waals surface area contributed by atoms with Crippen molar-refractivity contribution in [3.8, 4) is 11.5 Å². The Kier molecular flexibility index (Phi) is 7.99. The predicted molar refractivity (Wildman–Crippen MR) is 163 cm³/mol. The van der Waals surface area contributed by atoms with Gasteiger partial charge in [-0.3, -0.25) is 14.5 Å². The molecule has 1 fully saturated rings. The highest BCUT2D eigenvalue weighted by Gasteiger charge is 2.48. The van der Waals surface area contributed by atoms with Gasteiger partial charge in [-0.05, 0) is 60.4 Å². The maximum atomic E-state index is 13.6. The average Bonchev–Trinajstić information content (AvgIpc) is 3.70. The number of amides is 1. The van der Waals surface area contributed by atoms with E-state index in [2.05, 4.69) is 10.2 Å². The first-order valence-corrected chi connectivity index (χ1v) is 15.6. The molecule has 214 valence electrons. The molecule has 1 N–H and O–H groups in total. The number of anilines is 1. The lowest BCUT2D eigenvalue weighted by Gasteiger charge is -2.23. The van der Waals surface area contributed by atoms with Gasteiger partial charge in [-0.25, -0.2) is 0 Å². The Bertz CT molecular complexity index is 1670. The number of aliphatic hydroxyl groups excluding tert-OH is 1. The maximum absolute atomic E-state index is 13.6. The Labute approximate surface area is 252 Å². The third kappa shape index (κ3) is 5.52. The Morgan fingerprint density at radius 2 is 1.93 bits per heavy atom. The Hall–Kier alpha value is -4.15. The van der Waals surface area contributed by atoms with Gasteiger partial charge in [0.15, 0.2) is 4.34 Å². The Morgan fingerprint density at radius 1 is 1.10 bits per heavy atom. The molecule has 0 aliphatic carbocycles. The van der Waals surface area contributed by atoms with Crippen molar-refractivity contribution < 1.29 is 24.2 Å². The van der Waals surface area contributed by atoms with Crippen LogP contribution >= 0.6 is 23.1 Å². The van der Waals surface area contributed by atoms with Gasteiger partial charge < -0.3 is 14.6 Å². The topological polar surface area (TPSA) is 102 Å². The van der Waals surface area contributed by atoms with E-state index in [0.717, 1.165) is 23.3 Å². The van der Waals surface area contributed by atoms with Crippen molar-refractivity contribution >= 4 is 45.7 Å². The Balaban J connectivity index is 1.40. The summed E-state index contributed by atoms with van der Waals surface area (Å²) in [5.41, 5.74) is 3.14. The van der Waals surface area contributed by atoms with Crippen LogP contribution in [0.3, 0.4) is 0 Å². The average molecular weight is 600 g/mol. The standard InChI is InChI=1S/C32H29N3O5S2/c1-3-14-39-24-11-7-10-21(17-24)27-26(28(36)22-12-13-25-23(16-22)15-19(2)40-25)29(37)30(38)35(27)31-33-34-32(42-31)41-18-20-8-5-4-6-9-20/h4-13,16-17,19,27,36H,3,14-15,18H2,1-2H3/t19-,27+/m0/s1. The molecule has 1 saturated heterocycles. The van der Waals surface area contributed by atoms with Crippen molar-refractivity contribution in [2.75, 3.05) is 11.5 Å². The molecule has 4 aromatic rings. The van der Waals surface area contributed by atoms with Crippen LogP contribution in [0.25, 0.3) is 5.76 Å². The number of aliphatic hydroxyl groups is 1. The molecular formula is C32H29N3O5S2. The molecule has 0 bridgehead atoms. The Morgan fingerprint density at radius 3 is 2.74 bits per heavy atom. The summed E-state index contributed by atoms with van der Waals surface area (Å²) in [4.78, 5) is 28.6. The van der Waals surface area contributed by atoms with E-state index in [-0.39, 0.29) is 22.6 Å². The fourth-order valence-corrected chi connectivity index (χ4v) is 6.97. The molecule has 1 aromatic heterocycles. The lowest BCUT2D eigenvalue weighted by Crippen LogP contribution is -2.29. The van der Waals surface area contributed by atoms with E-state index < -0.39 is 17.7 Å². The fraction of sp³-hybridized carbons (Fsp3) is 0.250. The number of carbonyl (C=O) groups is 2. The van der Waals surface area contributed by atoms with Gasteiger partial charge in [0.25, 0.3) is 5.78 Å². The second-order valence-electron chi connectivity index (χ2n) is 10.2. The molecule has 0 unspecified atom stereocenters. The van der Waals surface area contributed by atoms with E-state index in [4.69, 9.17) is 9.47 Å². The van der Waals surface area contributed by atoms with Crippen LogP contribution in [0.4, 0.5) is 5.13 Å². The van der Waals surface area contributed by atoms with Gasteiger partial charge in [-0.15, -0.1) is 10.2 Å². The molecular weight excluding hydrogens is 571 g/mol. The summed E-state index contributed by atoms with van der Waals surface area (Å²) in [6, 6.07) is 21.7. The number of hydrogen-bond donors (Lipinski definition) is 1. The van der Waals surface area contributed by atoms with Gasteiger partial charge >= 0.3 is 5.91 Å². The van der Waals surface area contributed by atoms with Crippen molar-refractivity contribution in [2.45, 2.75) is 48.9 Å². The zero-order valence-corrected chi connectivity index (χ0v) is 24.8. The molecule has 3 heterocycles. The fourth-order valence-electron chi connectivity index (χ4n) is 5.14. The zero-order chi connectivity index (χ0) is 29.2. The minimum atomic E-state index is -0.918. The van der Waals surface area contributed by atoms with Gasteiger partial charge in [0.05, 0.1) is 18.2 Å². The highest BCUT2D eigenvalue weighted by atomic mass is 32.2. The molecule has 0 spiro atoms. The van der Waals surface area contributed by atoms with Gasteiger partial charge in [-0.1, -0.05) is 72.5 Å². The molecule has 3 aromatic carbocycles. The zero-order valence-electron chi connectivity index (χ0n) is 23.1. The first kappa shape index (κ1) is 28.0. The normalized spacial score (nSPS) is 19.1. The smallest absolute Gasteiger partial charge is 0.301 e. The van der Waals surface area contributed by atoms with Gasteiger partial charge in [0.2, 0.25) is 5.13 Å². The molecule has 8 nitrogen and oxygen atoms in total. The van der Waals surface area contributed by atoms with Crippen LogP contribution < -0.4 is 14.4 Å². The predicted octanol–water partition coefficient (Wildman–Crippen LogP) is 6.57. The van der Waals surface area contributed by atoms with Crippen LogP contribution in [-0.4, -0.2) is 39.7 Å². The van der Waals surface area contributed by atoms with Crippen LogP contribution in [0, 0.1) is 0 Å². The van der Waals surface area contributed by atoms with Crippen LogP contribution in [-0.2, 0) is 21.8 Å². The molecule has 6 rings (SSSR count). The van der Waals surface area contributed by atoms with Crippen molar-refractivity contribution in [2.24, 2.45) is 0 Å². The summed E-state index contributed by atoms with van der Waals surface area (Å²) in [6.07, 6.45) is 1.55. The van der Waals surface area contributed by atoms with E-state index in [0.29, 0.717) is 40.0 Å². The van der Waals surface area contributed by atoms with E-state index >= 15 is 0 Å². The molecule has 2 aliphatic rings. The summed E-state index contributed by atoms with van der Waals surface area (Å²) in [7, 11) is 0. The SMILES string of the molecule is CCCOc1cccc([C@@H]2C(=C(O)c3ccc4c(c3)C[C@H](C)O4)C(=O)C(=O)N2c2nnc(SCc3ccccc3)s2)c1. The van der Waals surface area contributed by atoms with E-state index in [9.17, 15) is 14.7 Å². The van der Waals surface area contributed by atoms with Crippen LogP contribution in [0.2, 0.25) is 0 Å². The number of carbonyl (C=O) groups excluding carboxylic acids is 2. The summed E-state index contributed by atoms with van der Waals surface area (Å²) >= 11 is 2.75. The van der Waals surface area contributed by atoms with Crippen molar-refractivity contribution in [3.05, 3.63) is 101 Å². The lowest BCUT2D eigenvalue weighted by molar-refractivity contribution is -0.132.